The van der Waals surface area contributed by atoms with Crippen molar-refractivity contribution in [1.29, 1.82) is 0 Å². The van der Waals surface area contributed by atoms with E-state index < -0.39 is 0 Å². The van der Waals surface area contributed by atoms with E-state index in [9.17, 15) is 4.79 Å². The number of hydrogen-bond acceptors (Lipinski definition) is 6. The van der Waals surface area contributed by atoms with Gasteiger partial charge in [-0.1, -0.05) is 25.1 Å². The van der Waals surface area contributed by atoms with E-state index in [1.165, 1.54) is 0 Å². The molecule has 0 aliphatic heterocycles. The summed E-state index contributed by atoms with van der Waals surface area (Å²) in [6, 6.07) is 7.18. The SMILES string of the molecule is COc1cccc(NC(=O)Cn2cnc(-c3noc(C(C)C)n3)c2)c1. The molecule has 3 aromatic rings. The van der Waals surface area contributed by atoms with Gasteiger partial charge in [0.25, 0.3) is 0 Å². The third-order valence-corrected chi connectivity index (χ3v) is 3.48. The third kappa shape index (κ3) is 4.03. The van der Waals surface area contributed by atoms with Crippen LogP contribution in [0.25, 0.3) is 11.5 Å². The van der Waals surface area contributed by atoms with Crippen molar-refractivity contribution in [2.45, 2.75) is 26.3 Å². The number of hydrogen-bond donors (Lipinski definition) is 1. The topological polar surface area (TPSA) is 95.1 Å². The van der Waals surface area contributed by atoms with Gasteiger partial charge < -0.3 is 19.1 Å². The van der Waals surface area contributed by atoms with Crippen molar-refractivity contribution in [1.82, 2.24) is 19.7 Å². The van der Waals surface area contributed by atoms with Crippen LogP contribution in [0.2, 0.25) is 0 Å². The molecule has 130 valence electrons. The fourth-order valence-electron chi connectivity index (χ4n) is 2.20. The van der Waals surface area contributed by atoms with Crippen LogP contribution < -0.4 is 10.1 Å². The zero-order valence-electron chi connectivity index (χ0n) is 14.3. The molecule has 2 aromatic heterocycles. The van der Waals surface area contributed by atoms with Crippen LogP contribution in [-0.2, 0) is 11.3 Å². The molecule has 0 unspecified atom stereocenters. The van der Waals surface area contributed by atoms with Gasteiger partial charge in [0.1, 0.15) is 18.0 Å². The van der Waals surface area contributed by atoms with Gasteiger partial charge in [-0.15, -0.1) is 0 Å². The number of aromatic nitrogens is 4. The van der Waals surface area contributed by atoms with Crippen LogP contribution in [0.15, 0.2) is 41.3 Å². The average molecular weight is 341 g/mol. The smallest absolute Gasteiger partial charge is 0.244 e. The van der Waals surface area contributed by atoms with E-state index in [0.29, 0.717) is 28.8 Å². The molecule has 0 saturated carbocycles. The number of carbonyl (C=O) groups excluding carboxylic acids is 1. The molecule has 0 spiro atoms. The maximum atomic E-state index is 12.2. The number of benzene rings is 1. The number of nitrogens with one attached hydrogen (secondary N) is 1. The van der Waals surface area contributed by atoms with Gasteiger partial charge >= 0.3 is 0 Å². The van der Waals surface area contributed by atoms with Gasteiger partial charge in [-0.25, -0.2) is 4.98 Å². The molecule has 0 radical (unpaired) electrons. The Labute approximate surface area is 144 Å². The summed E-state index contributed by atoms with van der Waals surface area (Å²) in [6.45, 7) is 4.07. The van der Waals surface area contributed by atoms with Crippen LogP contribution in [0.1, 0.15) is 25.7 Å². The minimum absolute atomic E-state index is 0.124. The zero-order valence-corrected chi connectivity index (χ0v) is 14.3. The van der Waals surface area contributed by atoms with Crippen LogP contribution in [-0.4, -0.2) is 32.7 Å². The lowest BCUT2D eigenvalue weighted by Crippen LogP contribution is -2.17. The van der Waals surface area contributed by atoms with Gasteiger partial charge in [-0.05, 0) is 12.1 Å². The molecule has 1 aromatic carbocycles. The largest absolute Gasteiger partial charge is 0.497 e. The monoisotopic (exact) mass is 341 g/mol. The highest BCUT2D eigenvalue weighted by Gasteiger charge is 2.14. The summed E-state index contributed by atoms with van der Waals surface area (Å²) >= 11 is 0. The highest BCUT2D eigenvalue weighted by Crippen LogP contribution is 2.18. The molecule has 25 heavy (non-hydrogen) atoms. The summed E-state index contributed by atoms with van der Waals surface area (Å²) in [4.78, 5) is 20.7. The van der Waals surface area contributed by atoms with Crippen LogP contribution in [0.4, 0.5) is 5.69 Å². The Hall–Kier alpha value is -3.16. The van der Waals surface area contributed by atoms with Crippen molar-refractivity contribution < 1.29 is 14.1 Å². The van der Waals surface area contributed by atoms with Crippen LogP contribution in [0, 0.1) is 0 Å². The maximum absolute atomic E-state index is 12.2. The van der Waals surface area contributed by atoms with Crippen molar-refractivity contribution in [3.8, 4) is 17.3 Å². The molecule has 0 aliphatic carbocycles. The maximum Gasteiger partial charge on any atom is 0.244 e. The van der Waals surface area contributed by atoms with Crippen molar-refractivity contribution in [3.05, 3.63) is 42.7 Å². The summed E-state index contributed by atoms with van der Waals surface area (Å²) in [5, 5.41) is 6.73. The van der Waals surface area contributed by atoms with Crippen LogP contribution >= 0.6 is 0 Å². The van der Waals surface area contributed by atoms with Crippen molar-refractivity contribution in [2.24, 2.45) is 0 Å². The second kappa shape index (κ2) is 7.16. The van der Waals surface area contributed by atoms with Gasteiger partial charge in [-0.2, -0.15) is 4.98 Å². The minimum Gasteiger partial charge on any atom is -0.497 e. The van der Waals surface area contributed by atoms with Gasteiger partial charge in [0.2, 0.25) is 17.6 Å². The first kappa shape index (κ1) is 16.7. The van der Waals surface area contributed by atoms with Gasteiger partial charge in [0.15, 0.2) is 0 Å². The van der Waals surface area contributed by atoms with E-state index in [2.05, 4.69) is 20.4 Å². The molecule has 0 aliphatic rings. The fraction of sp³-hybridized carbons (Fsp3) is 0.294. The van der Waals surface area contributed by atoms with Crippen molar-refractivity contribution in [2.75, 3.05) is 12.4 Å². The van der Waals surface area contributed by atoms with E-state index in [4.69, 9.17) is 9.26 Å². The average Bonchev–Trinajstić information content (AvgIpc) is 3.24. The Kier molecular flexibility index (Phi) is 4.78. The number of anilines is 1. The predicted octanol–water partition coefficient (Wildman–Crippen LogP) is 2.70. The Balaban J connectivity index is 1.65. The summed E-state index contributed by atoms with van der Waals surface area (Å²) in [5.74, 6) is 1.63. The zero-order chi connectivity index (χ0) is 17.8. The second-order valence-electron chi connectivity index (χ2n) is 5.82. The van der Waals surface area contributed by atoms with Crippen LogP contribution in [0.3, 0.4) is 0 Å². The Morgan fingerprint density at radius 3 is 2.96 bits per heavy atom. The lowest BCUT2D eigenvalue weighted by Gasteiger charge is -2.07. The molecule has 0 atom stereocenters. The molecule has 0 bridgehead atoms. The quantitative estimate of drug-likeness (QED) is 0.741. The lowest BCUT2D eigenvalue weighted by molar-refractivity contribution is -0.116. The molecule has 8 heteroatoms. The summed E-state index contributed by atoms with van der Waals surface area (Å²) < 4.78 is 12.0. The number of methoxy groups -OCH3 is 1. The molecule has 3 rings (SSSR count). The first-order valence-corrected chi connectivity index (χ1v) is 7.85. The second-order valence-corrected chi connectivity index (χ2v) is 5.82. The number of nitrogens with zero attached hydrogens (tertiary/aromatic N) is 4. The molecule has 0 saturated heterocycles. The highest BCUT2D eigenvalue weighted by molar-refractivity contribution is 5.90. The number of imidazole rings is 1. The minimum atomic E-state index is -0.173. The number of carbonyl (C=O) groups is 1. The molecular weight excluding hydrogens is 322 g/mol. The first-order chi connectivity index (χ1) is 12.0. The number of ether oxygens (including phenoxy) is 1. The first-order valence-electron chi connectivity index (χ1n) is 7.85. The van der Waals surface area contributed by atoms with E-state index >= 15 is 0 Å². The number of rotatable bonds is 6. The summed E-state index contributed by atoms with van der Waals surface area (Å²) in [7, 11) is 1.58. The molecule has 8 nitrogen and oxygen atoms in total. The molecule has 0 fully saturated rings. The van der Waals surface area contributed by atoms with E-state index in [0.717, 1.165) is 0 Å². The normalized spacial score (nSPS) is 10.9. The Morgan fingerprint density at radius 2 is 2.24 bits per heavy atom. The Bertz CT molecular complexity index is 869. The molecule has 2 heterocycles. The van der Waals surface area contributed by atoms with Crippen LogP contribution in [0.5, 0.6) is 5.75 Å². The number of amides is 1. The van der Waals surface area contributed by atoms with E-state index in [-0.39, 0.29) is 18.4 Å². The van der Waals surface area contributed by atoms with Gasteiger partial charge in [0, 0.05) is 23.9 Å². The van der Waals surface area contributed by atoms with Crippen molar-refractivity contribution >= 4 is 11.6 Å². The lowest BCUT2D eigenvalue weighted by atomic mass is 10.2. The summed E-state index contributed by atoms with van der Waals surface area (Å²) in [6.07, 6.45) is 3.27. The van der Waals surface area contributed by atoms with Gasteiger partial charge in [-0.3, -0.25) is 4.79 Å². The standard InChI is InChI=1S/C17H19N5O3/c1-11(2)17-20-16(21-25-17)14-8-22(10-18-14)9-15(23)19-12-5-4-6-13(7-12)24-3/h4-8,10-11H,9H2,1-3H3,(H,19,23). The van der Waals surface area contributed by atoms with Crippen molar-refractivity contribution in [3.63, 3.8) is 0 Å². The van der Waals surface area contributed by atoms with E-state index in [1.807, 2.05) is 26.0 Å². The van der Waals surface area contributed by atoms with Gasteiger partial charge in [0.05, 0.1) is 13.4 Å². The Morgan fingerprint density at radius 1 is 1.40 bits per heavy atom. The molecular formula is C17H19N5O3. The third-order valence-electron chi connectivity index (χ3n) is 3.48. The molecule has 1 amide bonds. The molecule has 1 N–H and O–H groups in total. The highest BCUT2D eigenvalue weighted by atomic mass is 16.5. The summed E-state index contributed by atoms with van der Waals surface area (Å²) in [5.41, 5.74) is 1.23. The fourth-order valence-corrected chi connectivity index (χ4v) is 2.20. The van der Waals surface area contributed by atoms with E-state index in [1.54, 1.807) is 36.3 Å². The predicted molar refractivity (Wildman–Crippen MR) is 91.2 cm³/mol.